The Morgan fingerprint density at radius 3 is 2.68 bits per heavy atom. The Bertz CT molecular complexity index is 491. The van der Waals surface area contributed by atoms with E-state index in [1.54, 1.807) is 0 Å². The van der Waals surface area contributed by atoms with Gasteiger partial charge in [0.1, 0.15) is 6.10 Å². The van der Waals surface area contributed by atoms with Gasteiger partial charge >= 0.3 is 0 Å². The molecular formula is C18H26N2O2. The Morgan fingerprint density at radius 1 is 1.14 bits per heavy atom. The predicted octanol–water partition coefficient (Wildman–Crippen LogP) is 2.64. The molecule has 120 valence electrons. The molecular weight excluding hydrogens is 276 g/mol. The average Bonchev–Trinajstić information content (AvgIpc) is 2.92. The van der Waals surface area contributed by atoms with Crippen LogP contribution < -0.4 is 5.73 Å². The molecule has 0 aliphatic carbocycles. The highest BCUT2D eigenvalue weighted by molar-refractivity contribution is 5.81. The van der Waals surface area contributed by atoms with Crippen LogP contribution in [-0.4, -0.2) is 36.1 Å². The SMILES string of the molecule is NC[C@H]1CC[C@@H](C(=O)N2CCCCCC2c2ccccc2)O1. The van der Waals surface area contributed by atoms with E-state index in [0.717, 1.165) is 32.2 Å². The number of likely N-dealkylation sites (tertiary alicyclic amines) is 1. The van der Waals surface area contributed by atoms with Gasteiger partial charge in [0.2, 0.25) is 0 Å². The number of benzene rings is 1. The van der Waals surface area contributed by atoms with E-state index < -0.39 is 0 Å². The van der Waals surface area contributed by atoms with Crippen molar-refractivity contribution in [2.24, 2.45) is 5.73 Å². The standard InChI is InChI=1S/C18H26N2O2/c19-13-15-10-11-17(22-15)18(21)20-12-6-2-5-9-16(20)14-7-3-1-4-8-14/h1,3-4,7-8,15-17H,2,5-6,9-13,19H2/t15-,16?,17+/m1/s1. The van der Waals surface area contributed by atoms with Crippen molar-refractivity contribution in [2.75, 3.05) is 13.1 Å². The Morgan fingerprint density at radius 2 is 1.95 bits per heavy atom. The molecule has 4 nitrogen and oxygen atoms in total. The van der Waals surface area contributed by atoms with Crippen LogP contribution in [0, 0.1) is 0 Å². The van der Waals surface area contributed by atoms with Crippen molar-refractivity contribution < 1.29 is 9.53 Å². The van der Waals surface area contributed by atoms with E-state index in [-0.39, 0.29) is 24.2 Å². The average molecular weight is 302 g/mol. The topological polar surface area (TPSA) is 55.6 Å². The van der Waals surface area contributed by atoms with Gasteiger partial charge in [0, 0.05) is 13.1 Å². The molecule has 0 aromatic heterocycles. The minimum absolute atomic E-state index is 0.0519. The molecule has 3 atom stereocenters. The van der Waals surface area contributed by atoms with Gasteiger partial charge in [0.25, 0.3) is 5.91 Å². The molecule has 1 amide bonds. The predicted molar refractivity (Wildman–Crippen MR) is 86.3 cm³/mol. The van der Waals surface area contributed by atoms with Crippen molar-refractivity contribution >= 4 is 5.91 Å². The zero-order valence-electron chi connectivity index (χ0n) is 13.1. The summed E-state index contributed by atoms with van der Waals surface area (Å²) in [4.78, 5) is 15.0. The molecule has 2 saturated heterocycles. The molecule has 2 fully saturated rings. The molecule has 1 unspecified atom stereocenters. The number of nitrogens with two attached hydrogens (primary N) is 1. The Kier molecular flexibility index (Phi) is 5.11. The van der Waals surface area contributed by atoms with Crippen molar-refractivity contribution in [3.63, 3.8) is 0 Å². The van der Waals surface area contributed by atoms with Crippen molar-refractivity contribution in [1.29, 1.82) is 0 Å². The fraction of sp³-hybridized carbons (Fsp3) is 0.611. The van der Waals surface area contributed by atoms with Gasteiger partial charge in [-0.2, -0.15) is 0 Å². The minimum atomic E-state index is -0.294. The molecule has 0 spiro atoms. The zero-order valence-corrected chi connectivity index (χ0v) is 13.1. The quantitative estimate of drug-likeness (QED) is 0.934. The lowest BCUT2D eigenvalue weighted by Gasteiger charge is -2.32. The first-order valence-corrected chi connectivity index (χ1v) is 8.50. The van der Waals surface area contributed by atoms with Crippen molar-refractivity contribution in [1.82, 2.24) is 4.90 Å². The first-order chi connectivity index (χ1) is 10.8. The van der Waals surface area contributed by atoms with Crippen LogP contribution >= 0.6 is 0 Å². The number of nitrogens with zero attached hydrogens (tertiary/aromatic N) is 1. The summed E-state index contributed by atoms with van der Waals surface area (Å²) < 4.78 is 5.83. The smallest absolute Gasteiger partial charge is 0.252 e. The second kappa shape index (κ2) is 7.25. The molecule has 4 heteroatoms. The number of rotatable bonds is 3. The van der Waals surface area contributed by atoms with Crippen LogP contribution in [0.3, 0.4) is 0 Å². The van der Waals surface area contributed by atoms with Crippen molar-refractivity contribution in [3.8, 4) is 0 Å². The van der Waals surface area contributed by atoms with Gasteiger partial charge < -0.3 is 15.4 Å². The maximum Gasteiger partial charge on any atom is 0.252 e. The van der Waals surface area contributed by atoms with E-state index in [0.29, 0.717) is 6.54 Å². The number of carbonyl (C=O) groups is 1. The maximum absolute atomic E-state index is 13.0. The van der Waals surface area contributed by atoms with Gasteiger partial charge in [-0.15, -0.1) is 0 Å². The summed E-state index contributed by atoms with van der Waals surface area (Å²) in [5, 5.41) is 0. The lowest BCUT2D eigenvalue weighted by molar-refractivity contribution is -0.145. The third kappa shape index (κ3) is 3.33. The molecule has 1 aromatic rings. The van der Waals surface area contributed by atoms with Crippen LogP contribution in [0.1, 0.15) is 50.1 Å². The molecule has 2 N–H and O–H groups in total. The third-order valence-corrected chi connectivity index (χ3v) is 4.87. The summed E-state index contributed by atoms with van der Waals surface area (Å²) in [6.45, 7) is 1.34. The van der Waals surface area contributed by atoms with Crippen molar-refractivity contribution in [2.45, 2.75) is 56.8 Å². The number of ether oxygens (including phenoxy) is 1. The Labute approximate surface area is 132 Å². The van der Waals surface area contributed by atoms with E-state index in [1.807, 2.05) is 6.07 Å². The lowest BCUT2D eigenvalue weighted by atomic mass is 10.00. The van der Waals surface area contributed by atoms with Crippen LogP contribution in [0.2, 0.25) is 0 Å². The summed E-state index contributed by atoms with van der Waals surface area (Å²) in [7, 11) is 0. The van der Waals surface area contributed by atoms with Crippen LogP contribution in [-0.2, 0) is 9.53 Å². The lowest BCUT2D eigenvalue weighted by Crippen LogP contribution is -2.42. The Balaban J connectivity index is 1.77. The number of hydrogen-bond acceptors (Lipinski definition) is 3. The fourth-order valence-electron chi connectivity index (χ4n) is 3.64. The molecule has 0 bridgehead atoms. The molecule has 0 radical (unpaired) electrons. The third-order valence-electron chi connectivity index (χ3n) is 4.87. The van der Waals surface area contributed by atoms with Crippen LogP contribution in [0.4, 0.5) is 0 Å². The summed E-state index contributed by atoms with van der Waals surface area (Å²) in [5.74, 6) is 0.159. The maximum atomic E-state index is 13.0. The van der Waals surface area contributed by atoms with Gasteiger partial charge in [-0.05, 0) is 31.2 Å². The van der Waals surface area contributed by atoms with E-state index in [1.165, 1.54) is 18.4 Å². The second-order valence-corrected chi connectivity index (χ2v) is 6.37. The molecule has 0 saturated carbocycles. The normalized spacial score (nSPS) is 29.3. The highest BCUT2D eigenvalue weighted by Gasteiger charge is 2.36. The van der Waals surface area contributed by atoms with Gasteiger partial charge in [-0.25, -0.2) is 0 Å². The van der Waals surface area contributed by atoms with Crippen molar-refractivity contribution in [3.05, 3.63) is 35.9 Å². The largest absolute Gasteiger partial charge is 0.364 e. The van der Waals surface area contributed by atoms with E-state index in [2.05, 4.69) is 29.2 Å². The fourth-order valence-corrected chi connectivity index (χ4v) is 3.64. The number of carbonyl (C=O) groups excluding carboxylic acids is 1. The van der Waals surface area contributed by atoms with Crippen LogP contribution in [0.5, 0.6) is 0 Å². The van der Waals surface area contributed by atoms with Crippen LogP contribution in [0.25, 0.3) is 0 Å². The van der Waals surface area contributed by atoms with Crippen LogP contribution in [0.15, 0.2) is 30.3 Å². The minimum Gasteiger partial charge on any atom is -0.364 e. The summed E-state index contributed by atoms with van der Waals surface area (Å²) in [6.07, 6.45) is 5.97. The molecule has 2 aliphatic heterocycles. The summed E-state index contributed by atoms with van der Waals surface area (Å²) >= 11 is 0. The van der Waals surface area contributed by atoms with Gasteiger partial charge in [0.05, 0.1) is 12.1 Å². The highest BCUT2D eigenvalue weighted by atomic mass is 16.5. The van der Waals surface area contributed by atoms with Gasteiger partial charge in [-0.1, -0.05) is 43.2 Å². The van der Waals surface area contributed by atoms with E-state index >= 15 is 0 Å². The monoisotopic (exact) mass is 302 g/mol. The molecule has 3 rings (SSSR count). The molecule has 22 heavy (non-hydrogen) atoms. The number of amides is 1. The zero-order chi connectivity index (χ0) is 15.4. The Hall–Kier alpha value is -1.39. The van der Waals surface area contributed by atoms with E-state index in [4.69, 9.17) is 10.5 Å². The summed E-state index contributed by atoms with van der Waals surface area (Å²) in [6, 6.07) is 10.6. The van der Waals surface area contributed by atoms with Gasteiger partial charge in [0.15, 0.2) is 0 Å². The molecule has 1 aromatic carbocycles. The van der Waals surface area contributed by atoms with E-state index in [9.17, 15) is 4.79 Å². The first kappa shape index (κ1) is 15.5. The summed E-state index contributed by atoms with van der Waals surface area (Å²) in [5.41, 5.74) is 6.91. The van der Waals surface area contributed by atoms with Gasteiger partial charge in [-0.3, -0.25) is 4.79 Å². The second-order valence-electron chi connectivity index (χ2n) is 6.37. The first-order valence-electron chi connectivity index (χ1n) is 8.50. The highest BCUT2D eigenvalue weighted by Crippen LogP contribution is 2.32. The molecule has 2 aliphatic rings. The molecule has 2 heterocycles. The number of hydrogen-bond donors (Lipinski definition) is 1.